The van der Waals surface area contributed by atoms with Gasteiger partial charge in [0.05, 0.1) is 5.56 Å². The van der Waals surface area contributed by atoms with E-state index in [1.54, 1.807) is 14.0 Å². The first-order valence-corrected chi connectivity index (χ1v) is 6.56. The number of aryl methyl sites for hydroxylation is 1. The van der Waals surface area contributed by atoms with E-state index in [0.29, 0.717) is 22.8 Å². The monoisotopic (exact) mass is 274 g/mol. The highest BCUT2D eigenvalue weighted by Gasteiger charge is 2.19. The summed E-state index contributed by atoms with van der Waals surface area (Å²) >= 11 is 0. The van der Waals surface area contributed by atoms with Gasteiger partial charge < -0.3 is 16.6 Å². The summed E-state index contributed by atoms with van der Waals surface area (Å²) in [4.78, 5) is 0. The molecule has 5 nitrogen and oxygen atoms in total. The second-order valence-electron chi connectivity index (χ2n) is 4.13. The van der Waals surface area contributed by atoms with Crippen LogP contribution in [0.2, 0.25) is 0 Å². The Kier molecular flexibility index (Phi) is 5.20. The Morgan fingerprint density at radius 2 is 1.75 bits per heavy atom. The Balaban J connectivity index is 0.000000956. The summed E-state index contributed by atoms with van der Waals surface area (Å²) in [5, 5.41) is 14.4. The van der Waals surface area contributed by atoms with Gasteiger partial charge in [0.25, 0.3) is 0 Å². The van der Waals surface area contributed by atoms with Gasteiger partial charge in [-0.2, -0.15) is 5.10 Å². The predicted octanol–water partition coefficient (Wildman–Crippen LogP) is 2.90. The van der Waals surface area contributed by atoms with Crippen LogP contribution >= 0.6 is 0 Å². The molecule has 5 N–H and O–H groups in total. The van der Waals surface area contributed by atoms with Crippen molar-refractivity contribution in [2.75, 3.05) is 5.73 Å². The van der Waals surface area contributed by atoms with Crippen molar-refractivity contribution in [1.82, 2.24) is 9.78 Å². The fraction of sp³-hybridized carbons (Fsp3) is 0.267. The van der Waals surface area contributed by atoms with Gasteiger partial charge in [-0.1, -0.05) is 44.2 Å². The Labute approximate surface area is 119 Å². The lowest BCUT2D eigenvalue weighted by molar-refractivity contribution is 0.506. The van der Waals surface area contributed by atoms with E-state index in [0.717, 1.165) is 5.56 Å². The van der Waals surface area contributed by atoms with Crippen molar-refractivity contribution in [3.05, 3.63) is 41.6 Å². The Hall–Kier alpha value is -2.43. The second kappa shape index (κ2) is 6.65. The van der Waals surface area contributed by atoms with Crippen LogP contribution in [-0.2, 0) is 7.05 Å². The van der Waals surface area contributed by atoms with Crippen LogP contribution in [0.5, 0.6) is 0 Å². The van der Waals surface area contributed by atoms with Crippen molar-refractivity contribution in [3.63, 3.8) is 0 Å². The zero-order valence-electron chi connectivity index (χ0n) is 12.4. The van der Waals surface area contributed by atoms with Crippen LogP contribution in [0.4, 0.5) is 5.82 Å². The van der Waals surface area contributed by atoms with Gasteiger partial charge in [-0.25, -0.2) is 0 Å². The van der Waals surface area contributed by atoms with Crippen LogP contribution in [0.3, 0.4) is 0 Å². The Bertz CT molecular complexity index is 596. The molecule has 0 atom stereocenters. The highest BCUT2D eigenvalue weighted by Crippen LogP contribution is 2.31. The third-order valence-corrected chi connectivity index (χ3v) is 2.75. The van der Waals surface area contributed by atoms with Crippen molar-refractivity contribution in [2.24, 2.45) is 12.8 Å². The molecule has 108 valence electrons. The zero-order chi connectivity index (χ0) is 15.3. The number of aliphatic hydroxyl groups is 1. The average molecular weight is 274 g/mol. The molecule has 2 rings (SSSR count). The maximum Gasteiger partial charge on any atom is 0.147 e. The summed E-state index contributed by atoms with van der Waals surface area (Å²) in [6.07, 6.45) is 0. The highest BCUT2D eigenvalue weighted by atomic mass is 16.3. The lowest BCUT2D eigenvalue weighted by Gasteiger charge is -2.04. The van der Waals surface area contributed by atoms with Crippen LogP contribution in [0.25, 0.3) is 17.0 Å². The van der Waals surface area contributed by atoms with E-state index < -0.39 is 0 Å². The van der Waals surface area contributed by atoms with E-state index in [1.807, 2.05) is 44.2 Å². The van der Waals surface area contributed by atoms with Gasteiger partial charge >= 0.3 is 0 Å². The number of hydrogen-bond acceptors (Lipinski definition) is 4. The van der Waals surface area contributed by atoms with E-state index in [9.17, 15) is 5.11 Å². The summed E-state index contributed by atoms with van der Waals surface area (Å²) in [7, 11) is 1.73. The topological polar surface area (TPSA) is 90.1 Å². The van der Waals surface area contributed by atoms with Gasteiger partial charge in [-0.05, 0) is 6.92 Å². The summed E-state index contributed by atoms with van der Waals surface area (Å²) < 4.78 is 1.52. The molecule has 0 saturated heterocycles. The molecule has 0 radical (unpaired) electrons. The molecule has 0 aliphatic heterocycles. The summed E-state index contributed by atoms with van der Waals surface area (Å²) in [6.45, 7) is 5.62. The maximum atomic E-state index is 10.1. The fourth-order valence-electron chi connectivity index (χ4n) is 1.77. The minimum atomic E-state index is -0.0283. The van der Waals surface area contributed by atoms with E-state index in [1.165, 1.54) is 4.68 Å². The van der Waals surface area contributed by atoms with Crippen molar-refractivity contribution in [3.8, 4) is 11.3 Å². The summed E-state index contributed by atoms with van der Waals surface area (Å²) in [6, 6.07) is 9.54. The van der Waals surface area contributed by atoms with Crippen molar-refractivity contribution >= 4 is 11.6 Å². The Morgan fingerprint density at radius 3 is 2.25 bits per heavy atom. The van der Waals surface area contributed by atoms with Gasteiger partial charge in [-0.3, -0.25) is 4.68 Å². The molecule has 0 bridgehead atoms. The van der Waals surface area contributed by atoms with E-state index in [4.69, 9.17) is 11.5 Å². The maximum absolute atomic E-state index is 10.1. The number of nitrogen functional groups attached to an aromatic ring is 1. The number of nitrogens with two attached hydrogens (primary N) is 2. The number of aliphatic hydroxyl groups excluding tert-OH is 1. The van der Waals surface area contributed by atoms with E-state index in [-0.39, 0.29) is 5.76 Å². The molecule has 0 fully saturated rings. The minimum absolute atomic E-state index is 0.0283. The molecule has 1 heterocycles. The number of aromatic nitrogens is 2. The molecule has 0 aliphatic rings. The molecule has 1 aromatic heterocycles. The van der Waals surface area contributed by atoms with Gasteiger partial charge in [-0.15, -0.1) is 0 Å². The van der Waals surface area contributed by atoms with Crippen LogP contribution in [0.15, 0.2) is 36.0 Å². The molecule has 0 saturated carbocycles. The third kappa shape index (κ3) is 2.93. The zero-order valence-corrected chi connectivity index (χ0v) is 12.4. The van der Waals surface area contributed by atoms with E-state index in [2.05, 4.69) is 5.10 Å². The molecule has 5 heteroatoms. The molecule has 0 spiro atoms. The minimum Gasteiger partial charge on any atom is -0.505 e. The van der Waals surface area contributed by atoms with Crippen LogP contribution in [0.1, 0.15) is 26.3 Å². The largest absolute Gasteiger partial charge is 0.505 e. The number of nitrogens with zero attached hydrogens (tertiary/aromatic N) is 2. The first-order valence-electron chi connectivity index (χ1n) is 6.56. The van der Waals surface area contributed by atoms with Crippen LogP contribution < -0.4 is 11.5 Å². The SMILES string of the molecule is C/C(N)=C(\O)c1c(-c2ccccc2)nn(C)c1N.CC. The molecule has 2 aromatic rings. The lowest BCUT2D eigenvalue weighted by Crippen LogP contribution is -2.02. The summed E-state index contributed by atoms with van der Waals surface area (Å²) in [5.41, 5.74) is 13.9. The normalized spacial score (nSPS) is 11.4. The number of benzene rings is 1. The van der Waals surface area contributed by atoms with Gasteiger partial charge in [0.1, 0.15) is 17.3 Å². The van der Waals surface area contributed by atoms with Gasteiger partial charge in [0.2, 0.25) is 0 Å². The van der Waals surface area contributed by atoms with Gasteiger partial charge in [0, 0.05) is 18.3 Å². The highest BCUT2D eigenvalue weighted by molar-refractivity contribution is 5.82. The molecule has 0 aliphatic carbocycles. The van der Waals surface area contributed by atoms with Gasteiger partial charge in [0.15, 0.2) is 0 Å². The first-order chi connectivity index (χ1) is 9.52. The molecule has 0 unspecified atom stereocenters. The standard InChI is InChI=1S/C13H16N4O.C2H6/c1-8(14)12(18)10-11(16-17(2)13(10)15)9-6-4-3-5-7-9;1-2/h3-7,18H,14-15H2,1-2H3;1-2H3/b12-8+;. The van der Waals surface area contributed by atoms with Crippen molar-refractivity contribution in [2.45, 2.75) is 20.8 Å². The molecule has 20 heavy (non-hydrogen) atoms. The number of rotatable bonds is 2. The molecule has 0 amide bonds. The average Bonchev–Trinajstić information content (AvgIpc) is 2.77. The smallest absolute Gasteiger partial charge is 0.147 e. The predicted molar refractivity (Wildman–Crippen MR) is 83.8 cm³/mol. The second-order valence-corrected chi connectivity index (χ2v) is 4.13. The Morgan fingerprint density at radius 1 is 1.20 bits per heavy atom. The number of allylic oxidation sites excluding steroid dienone is 1. The molecular formula is C15H22N4O. The third-order valence-electron chi connectivity index (χ3n) is 2.75. The fourth-order valence-corrected chi connectivity index (χ4v) is 1.77. The first kappa shape index (κ1) is 15.6. The summed E-state index contributed by atoms with van der Waals surface area (Å²) in [5.74, 6) is 0.357. The quantitative estimate of drug-likeness (QED) is 0.734. The number of anilines is 1. The van der Waals surface area contributed by atoms with Crippen molar-refractivity contribution < 1.29 is 5.11 Å². The lowest BCUT2D eigenvalue weighted by atomic mass is 10.1. The molecular weight excluding hydrogens is 252 g/mol. The number of hydrogen-bond donors (Lipinski definition) is 3. The van der Waals surface area contributed by atoms with E-state index >= 15 is 0 Å². The van der Waals surface area contributed by atoms with Crippen LogP contribution in [-0.4, -0.2) is 14.9 Å². The van der Waals surface area contributed by atoms with Crippen LogP contribution in [0, 0.1) is 0 Å². The molecule has 1 aromatic carbocycles. The van der Waals surface area contributed by atoms with Crippen molar-refractivity contribution in [1.29, 1.82) is 0 Å².